The normalized spacial score (nSPS) is 16.6. The summed E-state index contributed by atoms with van der Waals surface area (Å²) in [6.45, 7) is 2.81. The number of nitrogens with zero attached hydrogens (tertiary/aromatic N) is 3. The molecule has 1 aliphatic rings. The Balaban J connectivity index is 2.13. The summed E-state index contributed by atoms with van der Waals surface area (Å²) in [7, 11) is 0. The topological polar surface area (TPSA) is 81.0 Å². The third kappa shape index (κ3) is 2.63. The molecule has 0 atom stereocenters. The summed E-state index contributed by atoms with van der Waals surface area (Å²) in [6, 6.07) is 0. The molecule has 0 unspecified atom stereocenters. The van der Waals surface area contributed by atoms with Crippen LogP contribution in [0, 0.1) is 15.5 Å². The van der Waals surface area contributed by atoms with E-state index in [2.05, 4.69) is 22.2 Å². The SMILES string of the molecule is CCC1(CNc2nc(Cl)ncc2[N+](=O)[O-])CC1. The van der Waals surface area contributed by atoms with Gasteiger partial charge in [-0.05, 0) is 36.3 Å². The minimum absolute atomic E-state index is 0.0134. The molecule has 0 amide bonds. The van der Waals surface area contributed by atoms with Gasteiger partial charge in [0, 0.05) is 6.54 Å². The lowest BCUT2D eigenvalue weighted by molar-refractivity contribution is -0.384. The highest BCUT2D eigenvalue weighted by molar-refractivity contribution is 6.28. The van der Waals surface area contributed by atoms with E-state index in [1.807, 2.05) is 0 Å². The Hall–Kier alpha value is -1.43. The van der Waals surface area contributed by atoms with Gasteiger partial charge in [0.05, 0.1) is 4.92 Å². The van der Waals surface area contributed by atoms with Crippen molar-refractivity contribution in [2.45, 2.75) is 26.2 Å². The zero-order chi connectivity index (χ0) is 12.5. The lowest BCUT2D eigenvalue weighted by atomic mass is 10.0. The second kappa shape index (κ2) is 4.44. The molecule has 0 radical (unpaired) electrons. The predicted molar refractivity (Wildman–Crippen MR) is 64.1 cm³/mol. The first kappa shape index (κ1) is 12.0. The summed E-state index contributed by atoms with van der Waals surface area (Å²) in [4.78, 5) is 17.8. The van der Waals surface area contributed by atoms with Gasteiger partial charge in [-0.3, -0.25) is 10.1 Å². The Morgan fingerprint density at radius 3 is 2.88 bits per heavy atom. The standard InChI is InChI=1S/C10H13ClN4O2/c1-2-10(3-4-10)6-13-8-7(15(16)17)5-12-9(11)14-8/h5H,2-4,6H2,1H3,(H,12,13,14). The van der Waals surface area contributed by atoms with Gasteiger partial charge in [0.1, 0.15) is 6.20 Å². The smallest absolute Gasteiger partial charge is 0.329 e. The summed E-state index contributed by atoms with van der Waals surface area (Å²) in [5, 5.41) is 13.8. The Bertz CT molecular complexity index is 448. The first-order valence-electron chi connectivity index (χ1n) is 5.47. The maximum atomic E-state index is 10.8. The maximum absolute atomic E-state index is 10.8. The van der Waals surface area contributed by atoms with Crippen molar-refractivity contribution in [3.63, 3.8) is 0 Å². The minimum atomic E-state index is -0.510. The van der Waals surface area contributed by atoms with E-state index in [1.165, 1.54) is 0 Å². The molecule has 2 rings (SSSR count). The number of halogens is 1. The first-order valence-corrected chi connectivity index (χ1v) is 5.85. The highest BCUT2D eigenvalue weighted by atomic mass is 35.5. The van der Waals surface area contributed by atoms with Crippen molar-refractivity contribution in [1.29, 1.82) is 0 Å². The lowest BCUT2D eigenvalue weighted by Gasteiger charge is -2.13. The molecule has 1 aromatic heterocycles. The van der Waals surface area contributed by atoms with Crippen LogP contribution >= 0.6 is 11.6 Å². The molecule has 0 saturated heterocycles. The molecule has 1 aromatic rings. The number of nitrogens with one attached hydrogen (secondary N) is 1. The van der Waals surface area contributed by atoms with Gasteiger partial charge >= 0.3 is 5.69 Å². The van der Waals surface area contributed by atoms with Crippen molar-refractivity contribution in [3.05, 3.63) is 21.6 Å². The summed E-state index contributed by atoms with van der Waals surface area (Å²) in [5.74, 6) is 0.203. The summed E-state index contributed by atoms with van der Waals surface area (Å²) in [5.41, 5.74) is 0.145. The molecule has 1 saturated carbocycles. The molecule has 1 fully saturated rings. The highest BCUT2D eigenvalue weighted by Gasteiger charge is 2.40. The van der Waals surface area contributed by atoms with Gasteiger partial charge in [-0.1, -0.05) is 6.92 Å². The van der Waals surface area contributed by atoms with Crippen LogP contribution in [0.15, 0.2) is 6.20 Å². The fourth-order valence-corrected chi connectivity index (χ4v) is 1.85. The number of anilines is 1. The second-order valence-corrected chi connectivity index (χ2v) is 4.68. The molecular weight excluding hydrogens is 244 g/mol. The van der Waals surface area contributed by atoms with E-state index in [1.54, 1.807) is 0 Å². The average Bonchev–Trinajstić information content (AvgIpc) is 3.07. The molecule has 0 aromatic carbocycles. The van der Waals surface area contributed by atoms with Crippen LogP contribution in [0.1, 0.15) is 26.2 Å². The van der Waals surface area contributed by atoms with Gasteiger partial charge in [0.25, 0.3) is 0 Å². The van der Waals surface area contributed by atoms with Crippen LogP contribution in [0.3, 0.4) is 0 Å². The molecule has 0 spiro atoms. The lowest BCUT2D eigenvalue weighted by Crippen LogP contribution is -2.16. The van der Waals surface area contributed by atoms with Gasteiger partial charge in [-0.15, -0.1) is 0 Å². The fraction of sp³-hybridized carbons (Fsp3) is 0.600. The van der Waals surface area contributed by atoms with Crippen LogP contribution in [0.4, 0.5) is 11.5 Å². The number of hydrogen-bond acceptors (Lipinski definition) is 5. The quantitative estimate of drug-likeness (QED) is 0.498. The van der Waals surface area contributed by atoms with Crippen molar-refractivity contribution >= 4 is 23.1 Å². The molecule has 0 bridgehead atoms. The number of hydrogen-bond donors (Lipinski definition) is 1. The Kier molecular flexibility index (Phi) is 3.15. The van der Waals surface area contributed by atoms with Crippen molar-refractivity contribution in [2.24, 2.45) is 5.41 Å². The molecule has 6 nitrogen and oxygen atoms in total. The van der Waals surface area contributed by atoms with E-state index in [0.29, 0.717) is 6.54 Å². The molecule has 1 heterocycles. The molecule has 1 N–H and O–H groups in total. The van der Waals surface area contributed by atoms with Crippen LogP contribution < -0.4 is 5.32 Å². The van der Waals surface area contributed by atoms with Gasteiger partial charge in [-0.2, -0.15) is 4.98 Å². The molecular formula is C10H13ClN4O2. The second-order valence-electron chi connectivity index (χ2n) is 4.34. The Morgan fingerprint density at radius 2 is 2.35 bits per heavy atom. The summed E-state index contributed by atoms with van der Waals surface area (Å²) < 4.78 is 0. The largest absolute Gasteiger partial charge is 0.364 e. The molecule has 17 heavy (non-hydrogen) atoms. The van der Waals surface area contributed by atoms with E-state index >= 15 is 0 Å². The highest BCUT2D eigenvalue weighted by Crippen LogP contribution is 2.48. The minimum Gasteiger partial charge on any atom is -0.364 e. The molecule has 0 aliphatic heterocycles. The third-order valence-corrected chi connectivity index (χ3v) is 3.46. The number of aromatic nitrogens is 2. The van der Waals surface area contributed by atoms with Crippen LogP contribution in [-0.2, 0) is 0 Å². The fourth-order valence-electron chi connectivity index (χ4n) is 1.72. The predicted octanol–water partition coefficient (Wildman–Crippen LogP) is 2.64. The van der Waals surface area contributed by atoms with Gasteiger partial charge < -0.3 is 5.32 Å². The van der Waals surface area contributed by atoms with Gasteiger partial charge in [0.15, 0.2) is 0 Å². The molecule has 1 aliphatic carbocycles. The zero-order valence-electron chi connectivity index (χ0n) is 9.44. The van der Waals surface area contributed by atoms with Gasteiger partial charge in [0.2, 0.25) is 11.1 Å². The van der Waals surface area contributed by atoms with E-state index in [-0.39, 0.29) is 22.2 Å². The van der Waals surface area contributed by atoms with Crippen molar-refractivity contribution < 1.29 is 4.92 Å². The summed E-state index contributed by atoms with van der Waals surface area (Å²) in [6.07, 6.45) is 4.50. The first-order chi connectivity index (χ1) is 8.06. The summed E-state index contributed by atoms with van der Waals surface area (Å²) >= 11 is 5.64. The average molecular weight is 257 g/mol. The van der Waals surface area contributed by atoms with Crippen molar-refractivity contribution in [1.82, 2.24) is 9.97 Å². The number of rotatable bonds is 5. The Labute approximate surface area is 104 Å². The Morgan fingerprint density at radius 1 is 1.65 bits per heavy atom. The number of nitro groups is 1. The van der Waals surface area contributed by atoms with Crippen molar-refractivity contribution in [2.75, 3.05) is 11.9 Å². The van der Waals surface area contributed by atoms with E-state index in [9.17, 15) is 10.1 Å². The van der Waals surface area contributed by atoms with Gasteiger partial charge in [-0.25, -0.2) is 4.98 Å². The van der Waals surface area contributed by atoms with Crippen LogP contribution in [0.25, 0.3) is 0 Å². The molecule has 7 heteroatoms. The third-order valence-electron chi connectivity index (χ3n) is 3.27. The van der Waals surface area contributed by atoms with E-state index < -0.39 is 4.92 Å². The monoisotopic (exact) mass is 256 g/mol. The zero-order valence-corrected chi connectivity index (χ0v) is 10.2. The van der Waals surface area contributed by atoms with E-state index in [4.69, 9.17) is 11.6 Å². The molecule has 92 valence electrons. The van der Waals surface area contributed by atoms with Crippen LogP contribution in [-0.4, -0.2) is 21.4 Å². The van der Waals surface area contributed by atoms with Crippen LogP contribution in [0.5, 0.6) is 0 Å². The van der Waals surface area contributed by atoms with Crippen molar-refractivity contribution in [3.8, 4) is 0 Å². The van der Waals surface area contributed by atoms with Crippen LogP contribution in [0.2, 0.25) is 5.28 Å². The van der Waals surface area contributed by atoms with E-state index in [0.717, 1.165) is 25.5 Å². The maximum Gasteiger partial charge on any atom is 0.329 e.